The summed E-state index contributed by atoms with van der Waals surface area (Å²) < 4.78 is 13.8. The molecule has 2 N–H and O–H groups in total. The van der Waals surface area contributed by atoms with Crippen LogP contribution in [0.1, 0.15) is 36.5 Å². The number of benzene rings is 1. The average molecular weight is 282 g/mol. The standard InChI is InChI=1S/C13H15FN2O4/c1-7(8-3-2-4-8)15-11-5-9(13(17)18)12(16(19)20)6-10(11)14/h5-8,15H,2-4H2,1H3,(H,17,18). The Labute approximate surface area is 114 Å². The van der Waals surface area contributed by atoms with Crippen molar-refractivity contribution in [3.05, 3.63) is 33.6 Å². The van der Waals surface area contributed by atoms with Gasteiger partial charge in [-0.05, 0) is 31.7 Å². The molecule has 0 radical (unpaired) electrons. The molecule has 1 fully saturated rings. The number of carboxylic acid groups (broad SMARTS) is 1. The van der Waals surface area contributed by atoms with E-state index in [-0.39, 0.29) is 11.7 Å². The van der Waals surface area contributed by atoms with Gasteiger partial charge < -0.3 is 10.4 Å². The Morgan fingerprint density at radius 1 is 1.55 bits per heavy atom. The molecular weight excluding hydrogens is 267 g/mol. The van der Waals surface area contributed by atoms with Gasteiger partial charge in [-0.3, -0.25) is 10.1 Å². The van der Waals surface area contributed by atoms with Crippen molar-refractivity contribution in [1.29, 1.82) is 0 Å². The quantitative estimate of drug-likeness (QED) is 0.639. The molecule has 20 heavy (non-hydrogen) atoms. The minimum absolute atomic E-state index is 0.00125. The molecule has 1 aromatic carbocycles. The number of nitro benzene ring substituents is 1. The highest BCUT2D eigenvalue weighted by Crippen LogP contribution is 2.33. The number of hydrogen-bond acceptors (Lipinski definition) is 4. The Morgan fingerprint density at radius 2 is 2.20 bits per heavy atom. The monoisotopic (exact) mass is 282 g/mol. The zero-order valence-corrected chi connectivity index (χ0v) is 10.9. The van der Waals surface area contributed by atoms with Gasteiger partial charge in [0.1, 0.15) is 5.56 Å². The van der Waals surface area contributed by atoms with Crippen molar-refractivity contribution in [1.82, 2.24) is 0 Å². The van der Waals surface area contributed by atoms with E-state index < -0.39 is 28.0 Å². The van der Waals surface area contributed by atoms with E-state index in [2.05, 4.69) is 5.32 Å². The van der Waals surface area contributed by atoms with Crippen LogP contribution in [0.5, 0.6) is 0 Å². The maximum Gasteiger partial charge on any atom is 0.342 e. The molecule has 0 amide bonds. The number of aromatic carboxylic acids is 1. The molecule has 1 aromatic rings. The maximum absolute atomic E-state index is 13.8. The predicted octanol–water partition coefficient (Wildman–Crippen LogP) is 3.03. The van der Waals surface area contributed by atoms with Crippen LogP contribution in [0.15, 0.2) is 12.1 Å². The highest BCUT2D eigenvalue weighted by Gasteiger charge is 2.27. The van der Waals surface area contributed by atoms with E-state index in [1.54, 1.807) is 0 Å². The van der Waals surface area contributed by atoms with Gasteiger partial charge in [0.05, 0.1) is 16.7 Å². The Morgan fingerprint density at radius 3 is 2.65 bits per heavy atom. The van der Waals surface area contributed by atoms with Crippen molar-refractivity contribution in [3.8, 4) is 0 Å². The Bertz CT molecular complexity index is 558. The lowest BCUT2D eigenvalue weighted by molar-refractivity contribution is -0.385. The molecular formula is C13H15FN2O4. The predicted molar refractivity (Wildman–Crippen MR) is 70.4 cm³/mol. The Kier molecular flexibility index (Phi) is 3.87. The van der Waals surface area contributed by atoms with Crippen LogP contribution in [0.2, 0.25) is 0 Å². The highest BCUT2D eigenvalue weighted by molar-refractivity contribution is 5.93. The number of carbonyl (C=O) groups is 1. The molecule has 1 saturated carbocycles. The fourth-order valence-electron chi connectivity index (χ4n) is 2.30. The van der Waals surface area contributed by atoms with Crippen molar-refractivity contribution in [2.45, 2.75) is 32.2 Å². The topological polar surface area (TPSA) is 92.5 Å². The second kappa shape index (κ2) is 5.44. The first kappa shape index (κ1) is 14.2. The molecule has 2 rings (SSSR count). The van der Waals surface area contributed by atoms with Crippen LogP contribution in [0.4, 0.5) is 15.8 Å². The lowest BCUT2D eigenvalue weighted by atomic mass is 9.80. The van der Waals surface area contributed by atoms with Crippen LogP contribution in [-0.2, 0) is 0 Å². The number of nitrogens with zero attached hydrogens (tertiary/aromatic N) is 1. The molecule has 0 bridgehead atoms. The summed E-state index contributed by atoms with van der Waals surface area (Å²) in [5.41, 5.74) is -1.26. The van der Waals surface area contributed by atoms with E-state index in [9.17, 15) is 19.3 Å². The number of halogens is 1. The minimum atomic E-state index is -1.45. The number of nitro groups is 1. The molecule has 108 valence electrons. The Hall–Kier alpha value is -2.18. The molecule has 0 heterocycles. The summed E-state index contributed by atoms with van der Waals surface area (Å²) in [7, 11) is 0. The van der Waals surface area contributed by atoms with Crippen molar-refractivity contribution < 1.29 is 19.2 Å². The summed E-state index contributed by atoms with van der Waals surface area (Å²) in [5.74, 6) is -1.83. The fraction of sp³-hybridized carbons (Fsp3) is 0.462. The van der Waals surface area contributed by atoms with E-state index >= 15 is 0 Å². The van der Waals surface area contributed by atoms with Crippen LogP contribution in [0.25, 0.3) is 0 Å². The van der Waals surface area contributed by atoms with Gasteiger partial charge in [0.25, 0.3) is 5.69 Å². The van der Waals surface area contributed by atoms with Gasteiger partial charge in [0.15, 0.2) is 5.82 Å². The van der Waals surface area contributed by atoms with Crippen molar-refractivity contribution >= 4 is 17.3 Å². The zero-order chi connectivity index (χ0) is 14.9. The van der Waals surface area contributed by atoms with Crippen LogP contribution in [-0.4, -0.2) is 22.0 Å². The minimum Gasteiger partial charge on any atom is -0.477 e. The smallest absolute Gasteiger partial charge is 0.342 e. The number of nitrogens with one attached hydrogen (secondary N) is 1. The summed E-state index contributed by atoms with van der Waals surface area (Å²) in [6.07, 6.45) is 3.24. The van der Waals surface area contributed by atoms with Gasteiger partial charge >= 0.3 is 5.97 Å². The molecule has 7 heteroatoms. The fourth-order valence-corrected chi connectivity index (χ4v) is 2.30. The zero-order valence-electron chi connectivity index (χ0n) is 10.9. The van der Waals surface area contributed by atoms with E-state index in [1.165, 1.54) is 0 Å². The van der Waals surface area contributed by atoms with Crippen molar-refractivity contribution in [3.63, 3.8) is 0 Å². The summed E-state index contributed by atoms with van der Waals surface area (Å²) in [6, 6.07) is 1.64. The van der Waals surface area contributed by atoms with Crippen LogP contribution >= 0.6 is 0 Å². The highest BCUT2D eigenvalue weighted by atomic mass is 19.1. The van der Waals surface area contributed by atoms with Gasteiger partial charge in [-0.25, -0.2) is 9.18 Å². The third-order valence-corrected chi connectivity index (χ3v) is 3.75. The number of anilines is 1. The molecule has 0 aliphatic heterocycles. The SMILES string of the molecule is CC(Nc1cc(C(=O)O)c([N+](=O)[O-])cc1F)C1CCC1. The van der Waals surface area contributed by atoms with Crippen LogP contribution in [0.3, 0.4) is 0 Å². The summed E-state index contributed by atoms with van der Waals surface area (Å²) in [6.45, 7) is 1.89. The average Bonchev–Trinajstić information content (AvgIpc) is 2.28. The van der Waals surface area contributed by atoms with E-state index in [4.69, 9.17) is 5.11 Å². The number of carboxylic acids is 1. The second-order valence-electron chi connectivity index (χ2n) is 5.04. The second-order valence-corrected chi connectivity index (χ2v) is 5.04. The van der Waals surface area contributed by atoms with E-state index in [0.29, 0.717) is 12.0 Å². The van der Waals surface area contributed by atoms with Crippen molar-refractivity contribution in [2.75, 3.05) is 5.32 Å². The number of hydrogen-bond donors (Lipinski definition) is 2. The largest absolute Gasteiger partial charge is 0.477 e. The van der Waals surface area contributed by atoms with Gasteiger partial charge in [-0.15, -0.1) is 0 Å². The molecule has 0 aromatic heterocycles. The lowest BCUT2D eigenvalue weighted by Gasteiger charge is -2.32. The normalized spacial score (nSPS) is 16.3. The molecule has 1 aliphatic rings. The van der Waals surface area contributed by atoms with E-state index in [0.717, 1.165) is 25.3 Å². The van der Waals surface area contributed by atoms with Gasteiger partial charge in [0, 0.05) is 6.04 Å². The molecule has 1 unspecified atom stereocenters. The van der Waals surface area contributed by atoms with Gasteiger partial charge in [-0.1, -0.05) is 6.42 Å². The van der Waals surface area contributed by atoms with Crippen LogP contribution < -0.4 is 5.32 Å². The molecule has 1 aliphatic carbocycles. The summed E-state index contributed by atoms with van der Waals surface area (Å²) >= 11 is 0. The van der Waals surface area contributed by atoms with Crippen LogP contribution in [0, 0.1) is 21.8 Å². The molecule has 1 atom stereocenters. The summed E-state index contributed by atoms with van der Waals surface area (Å²) in [5, 5.41) is 22.6. The third kappa shape index (κ3) is 2.71. The molecule has 0 saturated heterocycles. The first-order valence-corrected chi connectivity index (χ1v) is 6.38. The van der Waals surface area contributed by atoms with Gasteiger partial charge in [0.2, 0.25) is 0 Å². The van der Waals surface area contributed by atoms with E-state index in [1.807, 2.05) is 6.92 Å². The molecule has 6 nitrogen and oxygen atoms in total. The molecule has 0 spiro atoms. The third-order valence-electron chi connectivity index (χ3n) is 3.75. The number of rotatable bonds is 5. The first-order chi connectivity index (χ1) is 9.40. The maximum atomic E-state index is 13.8. The first-order valence-electron chi connectivity index (χ1n) is 6.38. The van der Waals surface area contributed by atoms with Gasteiger partial charge in [-0.2, -0.15) is 0 Å². The van der Waals surface area contributed by atoms with Crippen molar-refractivity contribution in [2.24, 2.45) is 5.92 Å². The Balaban J connectivity index is 2.31. The lowest BCUT2D eigenvalue weighted by Crippen LogP contribution is -2.31. The summed E-state index contributed by atoms with van der Waals surface area (Å²) in [4.78, 5) is 20.9.